The highest BCUT2D eigenvalue weighted by Crippen LogP contribution is 1.95. The van der Waals surface area contributed by atoms with Crippen LogP contribution in [0.2, 0.25) is 0 Å². The van der Waals surface area contributed by atoms with Gasteiger partial charge in [0.1, 0.15) is 6.29 Å². The fourth-order valence-corrected chi connectivity index (χ4v) is 0.529. The minimum Gasteiger partial charge on any atom is -0.380 e. The zero-order valence-electron chi connectivity index (χ0n) is 6.96. The lowest BCUT2D eigenvalue weighted by Crippen LogP contribution is -2.10. The van der Waals surface area contributed by atoms with Gasteiger partial charge in [0.05, 0.1) is 6.61 Å². The molecule has 0 aliphatic heterocycles. The van der Waals surface area contributed by atoms with Crippen LogP contribution in [0.5, 0.6) is 0 Å². The van der Waals surface area contributed by atoms with Crippen LogP contribution in [-0.2, 0) is 9.53 Å². The highest BCUT2D eigenvalue weighted by atomic mass is 16.5. The minimum atomic E-state index is 0.0405. The van der Waals surface area contributed by atoms with E-state index in [1.807, 2.05) is 6.92 Å². The number of carbonyl (C=O) groups is 1. The Bertz CT molecular complexity index is 89.3. The average Bonchev–Trinajstić information content (AvgIpc) is 1.87. The molecule has 0 rings (SSSR count). The molecule has 0 spiro atoms. The molecular weight excluding hydrogens is 128 g/mol. The smallest absolute Gasteiger partial charge is 0.125 e. The molecule has 0 aromatic carbocycles. The molecule has 0 heterocycles. The first-order valence-corrected chi connectivity index (χ1v) is 3.69. The van der Waals surface area contributed by atoms with E-state index < -0.39 is 0 Å². The van der Waals surface area contributed by atoms with Crippen LogP contribution in [0.4, 0.5) is 0 Å². The van der Waals surface area contributed by atoms with E-state index in [0.717, 1.165) is 12.9 Å². The van der Waals surface area contributed by atoms with Crippen LogP contribution in [0.25, 0.3) is 0 Å². The van der Waals surface area contributed by atoms with Gasteiger partial charge in [0.15, 0.2) is 0 Å². The summed E-state index contributed by atoms with van der Waals surface area (Å²) in [5, 5.41) is 0. The molecule has 0 fully saturated rings. The molecule has 0 aliphatic carbocycles. The van der Waals surface area contributed by atoms with E-state index >= 15 is 0 Å². The van der Waals surface area contributed by atoms with Gasteiger partial charge >= 0.3 is 0 Å². The summed E-state index contributed by atoms with van der Waals surface area (Å²) in [6.45, 7) is 7.34. The number of hydrogen-bond donors (Lipinski definition) is 0. The molecule has 0 unspecified atom stereocenters. The van der Waals surface area contributed by atoms with Crippen LogP contribution in [0, 0.1) is 11.8 Å². The summed E-state index contributed by atoms with van der Waals surface area (Å²) in [5.41, 5.74) is 0. The predicted molar refractivity (Wildman–Crippen MR) is 40.9 cm³/mol. The van der Waals surface area contributed by atoms with Crippen molar-refractivity contribution in [3.05, 3.63) is 0 Å². The summed E-state index contributed by atoms with van der Waals surface area (Å²) in [5.74, 6) is 0.595. The Hall–Kier alpha value is -0.370. The Morgan fingerprint density at radius 2 is 1.90 bits per heavy atom. The van der Waals surface area contributed by atoms with Gasteiger partial charge in [-0.15, -0.1) is 0 Å². The zero-order valence-corrected chi connectivity index (χ0v) is 6.96. The first kappa shape index (κ1) is 9.63. The monoisotopic (exact) mass is 144 g/mol. The summed E-state index contributed by atoms with van der Waals surface area (Å²) in [6.07, 6.45) is 0.917. The maximum atomic E-state index is 10.1. The van der Waals surface area contributed by atoms with Gasteiger partial charge < -0.3 is 9.53 Å². The van der Waals surface area contributed by atoms with Crippen LogP contribution >= 0.6 is 0 Å². The molecule has 0 aromatic rings. The van der Waals surface area contributed by atoms with E-state index in [2.05, 4.69) is 13.8 Å². The number of ether oxygens (including phenoxy) is 1. The van der Waals surface area contributed by atoms with Crippen molar-refractivity contribution in [2.45, 2.75) is 20.8 Å². The second-order valence-electron chi connectivity index (χ2n) is 3.04. The van der Waals surface area contributed by atoms with Gasteiger partial charge in [-0.25, -0.2) is 0 Å². The maximum absolute atomic E-state index is 10.1. The Morgan fingerprint density at radius 3 is 2.30 bits per heavy atom. The normalized spacial score (nSPS) is 13.6. The minimum absolute atomic E-state index is 0.0405. The van der Waals surface area contributed by atoms with Crippen LogP contribution in [0.3, 0.4) is 0 Å². The molecule has 60 valence electrons. The highest BCUT2D eigenvalue weighted by Gasteiger charge is 1.99. The molecule has 0 radical (unpaired) electrons. The van der Waals surface area contributed by atoms with E-state index in [4.69, 9.17) is 4.74 Å². The van der Waals surface area contributed by atoms with Crippen molar-refractivity contribution >= 4 is 6.29 Å². The maximum Gasteiger partial charge on any atom is 0.125 e. The van der Waals surface area contributed by atoms with Crippen molar-refractivity contribution in [3.63, 3.8) is 0 Å². The standard InChI is InChI=1S/C8H16O2/c1-7(2)5-10-6-8(3)4-9/h4,7-8H,5-6H2,1-3H3/t8-/m1/s1. The molecule has 1 atom stereocenters. The van der Waals surface area contributed by atoms with Crippen LogP contribution < -0.4 is 0 Å². The van der Waals surface area contributed by atoms with Crippen molar-refractivity contribution in [1.29, 1.82) is 0 Å². The van der Waals surface area contributed by atoms with Crippen molar-refractivity contribution < 1.29 is 9.53 Å². The Balaban J connectivity index is 3.11. The molecule has 0 N–H and O–H groups in total. The van der Waals surface area contributed by atoms with Crippen molar-refractivity contribution in [3.8, 4) is 0 Å². The first-order chi connectivity index (χ1) is 4.66. The van der Waals surface area contributed by atoms with Crippen molar-refractivity contribution in [2.24, 2.45) is 11.8 Å². The second kappa shape index (κ2) is 5.42. The van der Waals surface area contributed by atoms with Gasteiger partial charge in [-0.05, 0) is 5.92 Å². The summed E-state index contributed by atoms with van der Waals surface area (Å²) in [6, 6.07) is 0. The number of carbonyl (C=O) groups excluding carboxylic acids is 1. The van der Waals surface area contributed by atoms with E-state index in [-0.39, 0.29) is 5.92 Å². The van der Waals surface area contributed by atoms with Gasteiger partial charge in [-0.3, -0.25) is 0 Å². The van der Waals surface area contributed by atoms with Crippen LogP contribution in [0.15, 0.2) is 0 Å². The van der Waals surface area contributed by atoms with E-state index in [9.17, 15) is 4.79 Å². The van der Waals surface area contributed by atoms with E-state index in [1.54, 1.807) is 0 Å². The Kier molecular flexibility index (Phi) is 5.22. The molecule has 2 nitrogen and oxygen atoms in total. The van der Waals surface area contributed by atoms with Crippen molar-refractivity contribution in [1.82, 2.24) is 0 Å². The first-order valence-electron chi connectivity index (χ1n) is 3.69. The van der Waals surface area contributed by atoms with Crippen LogP contribution in [0.1, 0.15) is 20.8 Å². The molecule has 2 heteroatoms. The lowest BCUT2D eigenvalue weighted by Gasteiger charge is -2.07. The molecular formula is C8H16O2. The fraction of sp³-hybridized carbons (Fsp3) is 0.875. The molecule has 0 aromatic heterocycles. The molecule has 0 aliphatic rings. The fourth-order valence-electron chi connectivity index (χ4n) is 0.529. The summed E-state index contributed by atoms with van der Waals surface area (Å²) in [7, 11) is 0. The predicted octanol–water partition coefficient (Wildman–Crippen LogP) is 1.49. The summed E-state index contributed by atoms with van der Waals surface area (Å²) < 4.78 is 5.22. The van der Waals surface area contributed by atoms with E-state index in [1.165, 1.54) is 0 Å². The largest absolute Gasteiger partial charge is 0.380 e. The third-order valence-corrected chi connectivity index (χ3v) is 1.06. The number of hydrogen-bond acceptors (Lipinski definition) is 2. The summed E-state index contributed by atoms with van der Waals surface area (Å²) >= 11 is 0. The highest BCUT2D eigenvalue weighted by molar-refractivity contribution is 5.52. The lowest BCUT2D eigenvalue weighted by molar-refractivity contribution is -0.112. The van der Waals surface area contributed by atoms with E-state index in [0.29, 0.717) is 12.5 Å². The van der Waals surface area contributed by atoms with Gasteiger partial charge in [0.25, 0.3) is 0 Å². The third-order valence-electron chi connectivity index (χ3n) is 1.06. The molecule has 0 saturated heterocycles. The average molecular weight is 144 g/mol. The van der Waals surface area contributed by atoms with Gasteiger partial charge in [0.2, 0.25) is 0 Å². The van der Waals surface area contributed by atoms with Gasteiger partial charge in [-0.1, -0.05) is 20.8 Å². The van der Waals surface area contributed by atoms with Crippen LogP contribution in [-0.4, -0.2) is 19.5 Å². The third kappa shape index (κ3) is 5.76. The Labute approximate surface area is 62.6 Å². The zero-order chi connectivity index (χ0) is 7.98. The Morgan fingerprint density at radius 1 is 1.30 bits per heavy atom. The lowest BCUT2D eigenvalue weighted by atomic mass is 10.2. The van der Waals surface area contributed by atoms with Gasteiger partial charge in [0, 0.05) is 12.5 Å². The molecule has 0 amide bonds. The molecule has 0 saturated carbocycles. The number of rotatable bonds is 5. The second-order valence-corrected chi connectivity index (χ2v) is 3.04. The van der Waals surface area contributed by atoms with Crippen molar-refractivity contribution in [2.75, 3.05) is 13.2 Å². The molecule has 10 heavy (non-hydrogen) atoms. The SMILES string of the molecule is CC(C)COC[C@H](C)C=O. The van der Waals surface area contributed by atoms with Gasteiger partial charge in [-0.2, -0.15) is 0 Å². The topological polar surface area (TPSA) is 26.3 Å². The number of aldehydes is 1. The quantitative estimate of drug-likeness (QED) is 0.546. The molecule has 0 bridgehead atoms. The summed E-state index contributed by atoms with van der Waals surface area (Å²) in [4.78, 5) is 10.1.